The van der Waals surface area contributed by atoms with Gasteiger partial charge in [-0.1, -0.05) is 12.1 Å². The average Bonchev–Trinajstić information content (AvgIpc) is 3.41. The molecule has 4 rings (SSSR count). The molecule has 0 atom stereocenters. The SMILES string of the molecule is Cl.Cl.O=C(NCc1cccc(-n2ccnc2)c1)C1(n2cccn2)CCNCC1. The maximum absolute atomic E-state index is 13.1. The van der Waals surface area contributed by atoms with Crippen molar-refractivity contribution in [3.63, 3.8) is 0 Å². The number of nitrogens with one attached hydrogen (secondary N) is 2. The molecule has 150 valence electrons. The summed E-state index contributed by atoms with van der Waals surface area (Å²) in [5, 5.41) is 10.8. The van der Waals surface area contributed by atoms with Gasteiger partial charge in [-0.25, -0.2) is 4.98 Å². The quantitative estimate of drug-likeness (QED) is 0.661. The predicted octanol–water partition coefficient (Wildman–Crippen LogP) is 2.31. The molecular weight excluding hydrogens is 399 g/mol. The zero-order valence-corrected chi connectivity index (χ0v) is 17.0. The minimum atomic E-state index is -0.614. The Balaban J connectivity index is 0.00000140. The van der Waals surface area contributed by atoms with Gasteiger partial charge in [0.25, 0.3) is 0 Å². The molecule has 1 aliphatic heterocycles. The van der Waals surface area contributed by atoms with Crippen LogP contribution in [0.5, 0.6) is 0 Å². The van der Waals surface area contributed by atoms with Gasteiger partial charge in [0.05, 0.1) is 6.33 Å². The molecule has 3 heterocycles. The summed E-state index contributed by atoms with van der Waals surface area (Å²) in [7, 11) is 0. The second-order valence-corrected chi connectivity index (χ2v) is 6.55. The Kier molecular flexibility index (Phi) is 7.62. The van der Waals surface area contributed by atoms with Crippen LogP contribution in [0.1, 0.15) is 18.4 Å². The molecule has 0 unspecified atom stereocenters. The van der Waals surface area contributed by atoms with Gasteiger partial charge in [-0.2, -0.15) is 5.10 Å². The van der Waals surface area contributed by atoms with Crippen molar-refractivity contribution in [2.75, 3.05) is 13.1 Å². The Labute approximate surface area is 176 Å². The van der Waals surface area contributed by atoms with Crippen molar-refractivity contribution in [1.29, 1.82) is 0 Å². The second-order valence-electron chi connectivity index (χ2n) is 6.55. The van der Waals surface area contributed by atoms with Gasteiger partial charge >= 0.3 is 0 Å². The molecule has 1 aliphatic rings. The monoisotopic (exact) mass is 422 g/mol. The van der Waals surface area contributed by atoms with Gasteiger partial charge in [0.2, 0.25) is 5.91 Å². The molecule has 0 aliphatic carbocycles. The molecule has 0 spiro atoms. The van der Waals surface area contributed by atoms with Crippen LogP contribution in [0.4, 0.5) is 0 Å². The highest BCUT2D eigenvalue weighted by Crippen LogP contribution is 2.27. The largest absolute Gasteiger partial charge is 0.350 e. The van der Waals surface area contributed by atoms with Crippen LogP contribution in [0.3, 0.4) is 0 Å². The van der Waals surface area contributed by atoms with E-state index in [0.29, 0.717) is 6.54 Å². The van der Waals surface area contributed by atoms with Crippen molar-refractivity contribution in [3.8, 4) is 5.69 Å². The molecule has 2 aromatic heterocycles. The number of nitrogens with zero attached hydrogens (tertiary/aromatic N) is 4. The molecule has 1 aromatic carbocycles. The highest BCUT2D eigenvalue weighted by molar-refractivity contribution is 5.85. The Hall–Kier alpha value is -2.35. The van der Waals surface area contributed by atoms with E-state index >= 15 is 0 Å². The first-order valence-corrected chi connectivity index (χ1v) is 8.84. The van der Waals surface area contributed by atoms with Crippen molar-refractivity contribution in [1.82, 2.24) is 30.0 Å². The van der Waals surface area contributed by atoms with Crippen molar-refractivity contribution in [3.05, 3.63) is 67.0 Å². The first-order valence-electron chi connectivity index (χ1n) is 8.84. The molecule has 1 fully saturated rings. The number of hydrogen-bond donors (Lipinski definition) is 2. The van der Waals surface area contributed by atoms with E-state index in [1.54, 1.807) is 18.7 Å². The Morgan fingerprint density at radius 1 is 1.14 bits per heavy atom. The number of amides is 1. The zero-order valence-electron chi connectivity index (χ0n) is 15.3. The van der Waals surface area contributed by atoms with Crippen molar-refractivity contribution < 1.29 is 4.79 Å². The summed E-state index contributed by atoms with van der Waals surface area (Å²) in [5.74, 6) is 0.0238. The summed E-state index contributed by atoms with van der Waals surface area (Å²) in [6, 6.07) is 9.95. The minimum absolute atomic E-state index is 0. The second kappa shape index (κ2) is 9.73. The van der Waals surface area contributed by atoms with E-state index in [-0.39, 0.29) is 30.7 Å². The maximum Gasteiger partial charge on any atom is 0.248 e. The normalized spacial score (nSPS) is 15.1. The topological polar surface area (TPSA) is 76.8 Å². The zero-order chi connectivity index (χ0) is 17.8. The number of imidazole rings is 1. The van der Waals surface area contributed by atoms with Crippen molar-refractivity contribution >= 4 is 30.7 Å². The lowest BCUT2D eigenvalue weighted by molar-refractivity contribution is -0.132. The summed E-state index contributed by atoms with van der Waals surface area (Å²) in [4.78, 5) is 17.2. The van der Waals surface area contributed by atoms with Crippen molar-refractivity contribution in [2.24, 2.45) is 0 Å². The van der Waals surface area contributed by atoms with E-state index in [9.17, 15) is 4.79 Å². The van der Waals surface area contributed by atoms with Crippen LogP contribution < -0.4 is 10.6 Å². The lowest BCUT2D eigenvalue weighted by Gasteiger charge is -2.36. The van der Waals surface area contributed by atoms with E-state index < -0.39 is 5.54 Å². The number of halogens is 2. The van der Waals surface area contributed by atoms with Crippen LogP contribution >= 0.6 is 24.8 Å². The van der Waals surface area contributed by atoms with Crippen LogP contribution in [-0.4, -0.2) is 38.3 Å². The lowest BCUT2D eigenvalue weighted by atomic mass is 9.87. The van der Waals surface area contributed by atoms with Crippen LogP contribution in [0.2, 0.25) is 0 Å². The number of rotatable bonds is 5. The van der Waals surface area contributed by atoms with Crippen LogP contribution in [0.25, 0.3) is 5.69 Å². The molecule has 28 heavy (non-hydrogen) atoms. The molecule has 0 saturated carbocycles. The van der Waals surface area contributed by atoms with Crippen LogP contribution in [0.15, 0.2) is 61.4 Å². The fraction of sp³-hybridized carbons (Fsp3) is 0.316. The Morgan fingerprint density at radius 3 is 2.64 bits per heavy atom. The van der Waals surface area contributed by atoms with Crippen LogP contribution in [-0.2, 0) is 16.9 Å². The maximum atomic E-state index is 13.1. The number of benzene rings is 1. The van der Waals surface area contributed by atoms with Gasteiger partial charge in [0.1, 0.15) is 5.54 Å². The Morgan fingerprint density at radius 2 is 1.96 bits per heavy atom. The average molecular weight is 423 g/mol. The van der Waals surface area contributed by atoms with Gasteiger partial charge in [0, 0.05) is 37.0 Å². The van der Waals surface area contributed by atoms with E-state index in [2.05, 4.69) is 26.8 Å². The summed E-state index contributed by atoms with van der Waals surface area (Å²) in [6.45, 7) is 2.10. The molecule has 9 heteroatoms. The summed E-state index contributed by atoms with van der Waals surface area (Å²) < 4.78 is 3.76. The number of aromatic nitrogens is 4. The van der Waals surface area contributed by atoms with Gasteiger partial charge in [-0.05, 0) is 49.7 Å². The number of hydrogen-bond acceptors (Lipinski definition) is 4. The summed E-state index contributed by atoms with van der Waals surface area (Å²) >= 11 is 0. The van der Waals surface area contributed by atoms with Gasteiger partial charge < -0.3 is 15.2 Å². The standard InChI is InChI=1S/C19H22N6O.2ClH/c26-18(19(5-8-20-9-6-19)25-11-2-7-23-25)22-14-16-3-1-4-17(13-16)24-12-10-21-15-24;;/h1-4,7,10-13,15,20H,5-6,8-9,14H2,(H,22,26);2*1H. The first kappa shape index (κ1) is 21.9. The molecule has 0 radical (unpaired) electrons. The molecule has 1 saturated heterocycles. The van der Waals surface area contributed by atoms with Gasteiger partial charge in [0.15, 0.2) is 0 Å². The Bertz CT molecular complexity index is 860. The van der Waals surface area contributed by atoms with E-state index in [4.69, 9.17) is 0 Å². The summed E-state index contributed by atoms with van der Waals surface area (Å²) in [6.07, 6.45) is 10.5. The smallest absolute Gasteiger partial charge is 0.248 e. The van der Waals surface area contributed by atoms with Gasteiger partial charge in [-0.15, -0.1) is 24.8 Å². The number of piperidine rings is 1. The lowest BCUT2D eigenvalue weighted by Crippen LogP contribution is -2.54. The first-order chi connectivity index (χ1) is 12.8. The highest BCUT2D eigenvalue weighted by Gasteiger charge is 2.41. The predicted molar refractivity (Wildman–Crippen MR) is 112 cm³/mol. The van der Waals surface area contributed by atoms with Gasteiger partial charge in [-0.3, -0.25) is 9.48 Å². The third-order valence-corrected chi connectivity index (χ3v) is 4.96. The third kappa shape index (κ3) is 4.38. The molecular formula is C19H24Cl2N6O. The fourth-order valence-electron chi connectivity index (χ4n) is 3.51. The van der Waals surface area contributed by atoms with Crippen molar-refractivity contribution in [2.45, 2.75) is 24.9 Å². The number of carbonyl (C=O) groups is 1. The fourth-order valence-corrected chi connectivity index (χ4v) is 3.51. The molecule has 2 N–H and O–H groups in total. The third-order valence-electron chi connectivity index (χ3n) is 4.96. The van der Waals surface area contributed by atoms with E-state index in [0.717, 1.165) is 37.2 Å². The molecule has 7 nitrogen and oxygen atoms in total. The van der Waals surface area contributed by atoms with E-state index in [1.807, 2.05) is 45.9 Å². The molecule has 0 bridgehead atoms. The minimum Gasteiger partial charge on any atom is -0.350 e. The molecule has 1 amide bonds. The number of carbonyl (C=O) groups excluding carboxylic acids is 1. The van der Waals surface area contributed by atoms with Crippen LogP contribution in [0, 0.1) is 0 Å². The van der Waals surface area contributed by atoms with E-state index in [1.165, 1.54) is 0 Å². The summed E-state index contributed by atoms with van der Waals surface area (Å²) in [5.41, 5.74) is 1.46. The molecule has 3 aromatic rings. The highest BCUT2D eigenvalue weighted by atomic mass is 35.5.